The molecule has 0 aliphatic heterocycles. The van der Waals surface area contributed by atoms with E-state index in [-0.39, 0.29) is 11.1 Å². The van der Waals surface area contributed by atoms with Crippen LogP contribution >= 0.6 is 11.6 Å². The van der Waals surface area contributed by atoms with Crippen molar-refractivity contribution in [3.63, 3.8) is 0 Å². The van der Waals surface area contributed by atoms with E-state index in [2.05, 4.69) is 19.1 Å². The fourth-order valence-electron chi connectivity index (χ4n) is 2.16. The van der Waals surface area contributed by atoms with Crippen molar-refractivity contribution >= 4 is 11.6 Å². The largest absolute Gasteiger partial charge is 0.327 e. The van der Waals surface area contributed by atoms with Gasteiger partial charge in [0.2, 0.25) is 0 Å². The normalized spacial score (nSPS) is 12.4. The fourth-order valence-corrected chi connectivity index (χ4v) is 2.37. The summed E-state index contributed by atoms with van der Waals surface area (Å²) in [4.78, 5) is 0. The molecule has 0 saturated heterocycles. The summed E-state index contributed by atoms with van der Waals surface area (Å²) in [6.45, 7) is 2.08. The summed E-state index contributed by atoms with van der Waals surface area (Å²) in [6.07, 6.45) is 1.50. The molecule has 0 aliphatic rings. The zero-order chi connectivity index (χ0) is 13.8. The topological polar surface area (TPSA) is 26.0 Å². The zero-order valence-electron chi connectivity index (χ0n) is 10.9. The number of hydrogen-bond donors (Lipinski definition) is 1. The maximum atomic E-state index is 13.1. The van der Waals surface area contributed by atoms with Gasteiger partial charge in [0.15, 0.2) is 0 Å². The first kappa shape index (κ1) is 14.0. The van der Waals surface area contributed by atoms with Crippen molar-refractivity contribution in [3.8, 4) is 0 Å². The first-order valence-electron chi connectivity index (χ1n) is 6.30. The summed E-state index contributed by atoms with van der Waals surface area (Å²) in [5.41, 5.74) is 9.62. The second-order valence-corrected chi connectivity index (χ2v) is 5.25. The van der Waals surface area contributed by atoms with Crippen LogP contribution in [-0.4, -0.2) is 6.04 Å². The highest BCUT2D eigenvalue weighted by Crippen LogP contribution is 2.18. The minimum Gasteiger partial charge on any atom is -0.327 e. The first-order chi connectivity index (χ1) is 9.06. The molecule has 2 rings (SSSR count). The van der Waals surface area contributed by atoms with Crippen LogP contribution in [0.5, 0.6) is 0 Å². The lowest BCUT2D eigenvalue weighted by molar-refractivity contribution is 0.624. The molecule has 0 bridgehead atoms. The molecule has 1 nitrogen and oxygen atoms in total. The Morgan fingerprint density at radius 2 is 1.89 bits per heavy atom. The molecule has 0 amide bonds. The Morgan fingerprint density at radius 3 is 2.58 bits per heavy atom. The molecule has 2 N–H and O–H groups in total. The van der Waals surface area contributed by atoms with Crippen molar-refractivity contribution < 1.29 is 4.39 Å². The van der Waals surface area contributed by atoms with Gasteiger partial charge in [0.25, 0.3) is 0 Å². The molecule has 0 saturated carbocycles. The Bertz CT molecular complexity index is 568. The van der Waals surface area contributed by atoms with E-state index in [0.717, 1.165) is 12.0 Å². The maximum Gasteiger partial charge on any atom is 0.141 e. The molecule has 0 aromatic heterocycles. The lowest BCUT2D eigenvalue weighted by atomic mass is 9.97. The van der Waals surface area contributed by atoms with Crippen LogP contribution in [0.4, 0.5) is 4.39 Å². The zero-order valence-corrected chi connectivity index (χ0v) is 11.6. The van der Waals surface area contributed by atoms with Gasteiger partial charge >= 0.3 is 0 Å². The van der Waals surface area contributed by atoms with E-state index in [9.17, 15) is 4.39 Å². The van der Waals surface area contributed by atoms with Crippen molar-refractivity contribution in [1.82, 2.24) is 0 Å². The minimum atomic E-state index is -0.391. The van der Waals surface area contributed by atoms with Crippen LogP contribution in [0.2, 0.25) is 5.02 Å². The van der Waals surface area contributed by atoms with Crippen LogP contribution in [0.1, 0.15) is 16.7 Å². The summed E-state index contributed by atoms with van der Waals surface area (Å²) < 4.78 is 13.1. The highest BCUT2D eigenvalue weighted by molar-refractivity contribution is 6.30. The summed E-state index contributed by atoms with van der Waals surface area (Å²) >= 11 is 5.77. The Labute approximate surface area is 118 Å². The highest BCUT2D eigenvalue weighted by Gasteiger charge is 2.08. The van der Waals surface area contributed by atoms with E-state index in [1.54, 1.807) is 12.1 Å². The van der Waals surface area contributed by atoms with Crippen LogP contribution < -0.4 is 5.73 Å². The summed E-state index contributed by atoms with van der Waals surface area (Å²) in [5.74, 6) is -0.391. The van der Waals surface area contributed by atoms with Gasteiger partial charge in [-0.1, -0.05) is 41.9 Å². The maximum absolute atomic E-state index is 13.1. The number of halogens is 2. The second-order valence-electron chi connectivity index (χ2n) is 4.84. The Kier molecular flexibility index (Phi) is 4.56. The molecule has 100 valence electrons. The SMILES string of the molecule is Cc1ccccc1CC(N)Cc1ccc(F)c(Cl)c1. The molecule has 0 aliphatic carbocycles. The average Bonchev–Trinajstić information content (AvgIpc) is 2.37. The molecule has 0 heterocycles. The summed E-state index contributed by atoms with van der Waals surface area (Å²) in [6, 6.07) is 13.0. The van der Waals surface area contributed by atoms with Gasteiger partial charge in [0.1, 0.15) is 5.82 Å². The van der Waals surface area contributed by atoms with Gasteiger partial charge in [-0.05, 0) is 48.6 Å². The predicted molar refractivity (Wildman–Crippen MR) is 78.0 cm³/mol. The number of aryl methyl sites for hydroxylation is 1. The van der Waals surface area contributed by atoms with Crippen molar-refractivity contribution in [1.29, 1.82) is 0 Å². The molecular formula is C16H17ClFN. The lowest BCUT2D eigenvalue weighted by Crippen LogP contribution is -2.25. The molecule has 2 aromatic rings. The summed E-state index contributed by atoms with van der Waals surface area (Å²) in [5, 5.41) is 0.153. The molecule has 0 spiro atoms. The Hall–Kier alpha value is -1.38. The molecule has 0 radical (unpaired) electrons. The van der Waals surface area contributed by atoms with Crippen LogP contribution in [0.3, 0.4) is 0 Å². The number of hydrogen-bond acceptors (Lipinski definition) is 1. The molecule has 19 heavy (non-hydrogen) atoms. The van der Waals surface area contributed by atoms with Gasteiger partial charge in [-0.3, -0.25) is 0 Å². The van der Waals surface area contributed by atoms with Gasteiger partial charge in [0, 0.05) is 6.04 Å². The smallest absolute Gasteiger partial charge is 0.141 e. The summed E-state index contributed by atoms with van der Waals surface area (Å²) in [7, 11) is 0. The predicted octanol–water partition coefficient (Wildman–Crippen LogP) is 3.90. The Balaban J connectivity index is 2.03. The third-order valence-electron chi connectivity index (χ3n) is 3.23. The number of rotatable bonds is 4. The molecular weight excluding hydrogens is 261 g/mol. The van der Waals surface area contributed by atoms with Crippen molar-refractivity contribution in [2.24, 2.45) is 5.73 Å². The van der Waals surface area contributed by atoms with Crippen LogP contribution in [-0.2, 0) is 12.8 Å². The second kappa shape index (κ2) is 6.18. The third-order valence-corrected chi connectivity index (χ3v) is 3.51. The van der Waals surface area contributed by atoms with Gasteiger partial charge in [-0.25, -0.2) is 4.39 Å². The van der Waals surface area contributed by atoms with Gasteiger partial charge < -0.3 is 5.73 Å². The molecule has 1 atom stereocenters. The minimum absolute atomic E-state index is 0.00243. The van der Waals surface area contributed by atoms with E-state index in [4.69, 9.17) is 17.3 Å². The average molecular weight is 278 g/mol. The highest BCUT2D eigenvalue weighted by atomic mass is 35.5. The van der Waals surface area contributed by atoms with E-state index in [1.165, 1.54) is 17.2 Å². The molecule has 1 unspecified atom stereocenters. The standard InChI is InChI=1S/C16H17ClFN/c1-11-4-2-3-5-13(11)10-14(19)8-12-6-7-16(18)15(17)9-12/h2-7,9,14H,8,10,19H2,1H3. The lowest BCUT2D eigenvalue weighted by Gasteiger charge is -2.13. The van der Waals surface area contributed by atoms with Crippen molar-refractivity contribution in [3.05, 3.63) is 70.0 Å². The number of nitrogens with two attached hydrogens (primary N) is 1. The first-order valence-corrected chi connectivity index (χ1v) is 6.68. The van der Waals surface area contributed by atoms with Crippen LogP contribution in [0.25, 0.3) is 0 Å². The molecule has 0 fully saturated rings. The van der Waals surface area contributed by atoms with Crippen molar-refractivity contribution in [2.45, 2.75) is 25.8 Å². The fraction of sp³-hybridized carbons (Fsp3) is 0.250. The van der Waals surface area contributed by atoms with E-state index < -0.39 is 5.82 Å². The Morgan fingerprint density at radius 1 is 1.16 bits per heavy atom. The number of benzene rings is 2. The van der Waals surface area contributed by atoms with Gasteiger partial charge in [-0.2, -0.15) is 0 Å². The quantitative estimate of drug-likeness (QED) is 0.901. The molecule has 2 aromatic carbocycles. The van der Waals surface area contributed by atoms with Gasteiger partial charge in [-0.15, -0.1) is 0 Å². The van der Waals surface area contributed by atoms with Crippen LogP contribution in [0, 0.1) is 12.7 Å². The van der Waals surface area contributed by atoms with E-state index >= 15 is 0 Å². The third kappa shape index (κ3) is 3.79. The van der Waals surface area contributed by atoms with Crippen LogP contribution in [0.15, 0.2) is 42.5 Å². The molecule has 3 heteroatoms. The van der Waals surface area contributed by atoms with Crippen molar-refractivity contribution in [2.75, 3.05) is 0 Å². The van der Waals surface area contributed by atoms with E-state index in [1.807, 2.05) is 12.1 Å². The van der Waals surface area contributed by atoms with Gasteiger partial charge in [0.05, 0.1) is 5.02 Å². The van der Waals surface area contributed by atoms with E-state index in [0.29, 0.717) is 6.42 Å². The monoisotopic (exact) mass is 277 g/mol.